The van der Waals surface area contributed by atoms with Gasteiger partial charge in [-0.25, -0.2) is 0 Å². The predicted octanol–water partition coefficient (Wildman–Crippen LogP) is 2.25. The molecular weight excluding hydrogens is 242 g/mol. The second-order valence-corrected chi connectivity index (χ2v) is 6.04. The van der Waals surface area contributed by atoms with E-state index in [0.29, 0.717) is 25.7 Å². The standard InChI is InChI=1S/C15H23NO3/c17-11-14(7-3-1-4-8-14)16(13-19)15(12-18)9-5-2-6-10-15/h11-13H,1-10H2. The lowest BCUT2D eigenvalue weighted by Crippen LogP contribution is -2.63. The van der Waals surface area contributed by atoms with E-state index < -0.39 is 11.1 Å². The average Bonchev–Trinajstić information content (AvgIpc) is 2.50. The van der Waals surface area contributed by atoms with Crippen molar-refractivity contribution < 1.29 is 14.4 Å². The van der Waals surface area contributed by atoms with Gasteiger partial charge in [0.05, 0.1) is 11.1 Å². The third kappa shape index (κ3) is 2.45. The lowest BCUT2D eigenvalue weighted by molar-refractivity contribution is -0.150. The van der Waals surface area contributed by atoms with Gasteiger partial charge in [-0.1, -0.05) is 38.5 Å². The van der Waals surface area contributed by atoms with Gasteiger partial charge in [-0.05, 0) is 25.7 Å². The molecule has 2 saturated carbocycles. The fourth-order valence-electron chi connectivity index (χ4n) is 3.81. The maximum absolute atomic E-state index is 11.7. The Bertz CT molecular complexity index is 311. The number of aldehydes is 2. The highest BCUT2D eigenvalue weighted by molar-refractivity contribution is 5.77. The Morgan fingerprint density at radius 1 is 0.632 bits per heavy atom. The molecule has 0 aromatic rings. The van der Waals surface area contributed by atoms with Gasteiger partial charge in [0.25, 0.3) is 0 Å². The van der Waals surface area contributed by atoms with E-state index in [1.54, 1.807) is 4.90 Å². The van der Waals surface area contributed by atoms with Crippen LogP contribution in [-0.2, 0) is 14.4 Å². The molecular formula is C15H23NO3. The molecule has 0 saturated heterocycles. The Labute approximate surface area is 114 Å². The van der Waals surface area contributed by atoms with Crippen LogP contribution in [0.4, 0.5) is 0 Å². The van der Waals surface area contributed by atoms with Crippen LogP contribution >= 0.6 is 0 Å². The molecule has 0 atom stereocenters. The van der Waals surface area contributed by atoms with Gasteiger partial charge in [0.2, 0.25) is 6.41 Å². The minimum atomic E-state index is -0.738. The average molecular weight is 265 g/mol. The van der Waals surface area contributed by atoms with E-state index in [4.69, 9.17) is 0 Å². The van der Waals surface area contributed by atoms with Gasteiger partial charge in [0.1, 0.15) is 12.6 Å². The Hall–Kier alpha value is -1.19. The van der Waals surface area contributed by atoms with E-state index in [1.165, 1.54) is 0 Å². The third-order valence-corrected chi connectivity index (χ3v) is 4.94. The molecule has 0 aliphatic heterocycles. The lowest BCUT2D eigenvalue weighted by atomic mass is 9.74. The van der Waals surface area contributed by atoms with E-state index in [-0.39, 0.29) is 0 Å². The Morgan fingerprint density at radius 3 is 1.26 bits per heavy atom. The number of amides is 1. The summed E-state index contributed by atoms with van der Waals surface area (Å²) in [5.74, 6) is 0. The second kappa shape index (κ2) is 5.85. The monoisotopic (exact) mass is 265 g/mol. The SMILES string of the molecule is O=CN(C1(C=O)CCCCC1)C1(C=O)CCCCC1. The maximum Gasteiger partial charge on any atom is 0.211 e. The molecule has 0 bridgehead atoms. The van der Waals surface area contributed by atoms with E-state index in [0.717, 1.165) is 57.5 Å². The van der Waals surface area contributed by atoms with Gasteiger partial charge < -0.3 is 14.5 Å². The van der Waals surface area contributed by atoms with Crippen LogP contribution in [-0.4, -0.2) is 35.0 Å². The second-order valence-electron chi connectivity index (χ2n) is 6.04. The number of rotatable bonds is 5. The highest BCUT2D eigenvalue weighted by atomic mass is 16.2. The quantitative estimate of drug-likeness (QED) is 0.716. The Balaban J connectivity index is 2.32. The summed E-state index contributed by atoms with van der Waals surface area (Å²) in [7, 11) is 0. The van der Waals surface area contributed by atoms with Crippen molar-refractivity contribution in [2.24, 2.45) is 0 Å². The molecule has 0 spiro atoms. The van der Waals surface area contributed by atoms with Gasteiger partial charge in [0.15, 0.2) is 0 Å². The molecule has 2 fully saturated rings. The highest BCUT2D eigenvalue weighted by Crippen LogP contribution is 2.40. The van der Waals surface area contributed by atoms with Crippen molar-refractivity contribution in [2.45, 2.75) is 75.3 Å². The molecule has 1 amide bonds. The molecule has 4 nitrogen and oxygen atoms in total. The summed E-state index contributed by atoms with van der Waals surface area (Å²) in [6, 6.07) is 0. The Kier molecular flexibility index (Phi) is 4.38. The minimum absolute atomic E-state index is 0.699. The number of carbonyl (C=O) groups excluding carboxylic acids is 3. The summed E-state index contributed by atoms with van der Waals surface area (Å²) < 4.78 is 0. The fraction of sp³-hybridized carbons (Fsp3) is 0.800. The highest BCUT2D eigenvalue weighted by Gasteiger charge is 2.48. The van der Waals surface area contributed by atoms with Gasteiger partial charge in [0, 0.05) is 0 Å². The zero-order chi connectivity index (χ0) is 13.8. The molecule has 2 aliphatic rings. The normalized spacial score (nSPS) is 25.3. The van der Waals surface area contributed by atoms with Crippen LogP contribution in [0.5, 0.6) is 0 Å². The topological polar surface area (TPSA) is 54.5 Å². The summed E-state index contributed by atoms with van der Waals surface area (Å²) >= 11 is 0. The molecule has 0 radical (unpaired) electrons. The maximum atomic E-state index is 11.7. The van der Waals surface area contributed by atoms with Crippen molar-refractivity contribution in [1.29, 1.82) is 0 Å². The van der Waals surface area contributed by atoms with Crippen LogP contribution in [0.1, 0.15) is 64.2 Å². The Morgan fingerprint density at radius 2 is 1.00 bits per heavy atom. The van der Waals surface area contributed by atoms with Gasteiger partial charge in [-0.2, -0.15) is 0 Å². The van der Waals surface area contributed by atoms with Crippen LogP contribution in [0.25, 0.3) is 0 Å². The van der Waals surface area contributed by atoms with Gasteiger partial charge >= 0.3 is 0 Å². The summed E-state index contributed by atoms with van der Waals surface area (Å²) in [5, 5.41) is 0. The lowest BCUT2D eigenvalue weighted by Gasteiger charge is -2.50. The predicted molar refractivity (Wildman–Crippen MR) is 71.7 cm³/mol. The van der Waals surface area contributed by atoms with Crippen LogP contribution in [0, 0.1) is 0 Å². The first-order chi connectivity index (χ1) is 9.23. The van der Waals surface area contributed by atoms with Crippen molar-refractivity contribution in [3.8, 4) is 0 Å². The molecule has 0 heterocycles. The number of nitrogens with zero attached hydrogens (tertiary/aromatic N) is 1. The first-order valence-corrected chi connectivity index (χ1v) is 7.40. The van der Waals surface area contributed by atoms with Gasteiger partial charge in [-0.15, -0.1) is 0 Å². The molecule has 0 aromatic carbocycles. The van der Waals surface area contributed by atoms with Crippen LogP contribution in [0.2, 0.25) is 0 Å². The summed E-state index contributed by atoms with van der Waals surface area (Å²) in [6.07, 6.45) is 11.4. The number of hydrogen-bond acceptors (Lipinski definition) is 3. The van der Waals surface area contributed by atoms with E-state index in [9.17, 15) is 14.4 Å². The first-order valence-electron chi connectivity index (χ1n) is 7.40. The van der Waals surface area contributed by atoms with E-state index in [1.807, 2.05) is 0 Å². The van der Waals surface area contributed by atoms with Crippen LogP contribution in [0.3, 0.4) is 0 Å². The van der Waals surface area contributed by atoms with E-state index in [2.05, 4.69) is 0 Å². The first kappa shape index (κ1) is 14.2. The molecule has 0 aromatic heterocycles. The zero-order valence-electron chi connectivity index (χ0n) is 11.5. The fourth-order valence-corrected chi connectivity index (χ4v) is 3.81. The van der Waals surface area contributed by atoms with Crippen molar-refractivity contribution in [2.75, 3.05) is 0 Å². The largest absolute Gasteiger partial charge is 0.320 e. The molecule has 106 valence electrons. The van der Waals surface area contributed by atoms with Crippen molar-refractivity contribution in [3.05, 3.63) is 0 Å². The van der Waals surface area contributed by atoms with Crippen LogP contribution in [0.15, 0.2) is 0 Å². The summed E-state index contributed by atoms with van der Waals surface area (Å²) in [4.78, 5) is 36.6. The molecule has 0 unspecified atom stereocenters. The molecule has 2 rings (SSSR count). The number of hydrogen-bond donors (Lipinski definition) is 0. The van der Waals surface area contributed by atoms with Crippen LogP contribution < -0.4 is 0 Å². The molecule has 19 heavy (non-hydrogen) atoms. The van der Waals surface area contributed by atoms with Gasteiger partial charge in [-0.3, -0.25) is 4.79 Å². The minimum Gasteiger partial charge on any atom is -0.320 e. The molecule has 2 aliphatic carbocycles. The summed E-state index contributed by atoms with van der Waals surface area (Å²) in [5.41, 5.74) is -1.48. The zero-order valence-corrected chi connectivity index (χ0v) is 11.5. The smallest absolute Gasteiger partial charge is 0.211 e. The van der Waals surface area contributed by atoms with E-state index >= 15 is 0 Å². The van der Waals surface area contributed by atoms with Crippen molar-refractivity contribution >= 4 is 19.0 Å². The summed E-state index contributed by atoms with van der Waals surface area (Å²) in [6.45, 7) is 0. The van der Waals surface area contributed by atoms with Crippen molar-refractivity contribution in [3.63, 3.8) is 0 Å². The molecule has 0 N–H and O–H groups in total. The number of carbonyl (C=O) groups is 3. The third-order valence-electron chi connectivity index (χ3n) is 4.94. The molecule has 4 heteroatoms. The van der Waals surface area contributed by atoms with Crippen molar-refractivity contribution in [1.82, 2.24) is 4.90 Å².